The molecule has 0 saturated heterocycles. The number of hydrogen-bond acceptors (Lipinski definition) is 2. The van der Waals surface area contributed by atoms with Gasteiger partial charge in [-0.2, -0.15) is 5.26 Å². The number of nitrogens with zero attached hydrogens (tertiary/aromatic N) is 1. The standard InChI is InChI=1S/C20H24N2/c1-15-5-7-16(8-6-15)14-22-19(13-21)17-9-11-18(12-10-17)20(2,3)4/h5-12,19,22H,14H2,1-4H3. The number of benzene rings is 2. The molecule has 1 N–H and O–H groups in total. The van der Waals surface area contributed by atoms with E-state index >= 15 is 0 Å². The van der Waals surface area contributed by atoms with Gasteiger partial charge in [0.1, 0.15) is 6.04 Å². The minimum atomic E-state index is -0.282. The number of nitriles is 1. The Morgan fingerprint density at radius 3 is 2.09 bits per heavy atom. The van der Waals surface area contributed by atoms with Crippen LogP contribution in [0.15, 0.2) is 48.5 Å². The van der Waals surface area contributed by atoms with Gasteiger partial charge in [-0.05, 0) is 29.0 Å². The highest BCUT2D eigenvalue weighted by Crippen LogP contribution is 2.24. The summed E-state index contributed by atoms with van der Waals surface area (Å²) in [4.78, 5) is 0. The smallest absolute Gasteiger partial charge is 0.121 e. The second-order valence-corrected chi connectivity index (χ2v) is 6.80. The average molecular weight is 292 g/mol. The van der Waals surface area contributed by atoms with Gasteiger partial charge in [-0.3, -0.25) is 5.32 Å². The van der Waals surface area contributed by atoms with Crippen LogP contribution in [0.2, 0.25) is 0 Å². The highest BCUT2D eigenvalue weighted by Gasteiger charge is 2.15. The summed E-state index contributed by atoms with van der Waals surface area (Å²) in [5, 5.41) is 12.7. The Morgan fingerprint density at radius 1 is 1.00 bits per heavy atom. The van der Waals surface area contributed by atoms with Gasteiger partial charge in [0.05, 0.1) is 6.07 Å². The monoisotopic (exact) mass is 292 g/mol. The Bertz CT molecular complexity index is 640. The van der Waals surface area contributed by atoms with Gasteiger partial charge in [0.2, 0.25) is 0 Å². The molecule has 0 fully saturated rings. The van der Waals surface area contributed by atoms with Gasteiger partial charge in [0.25, 0.3) is 0 Å². The fraction of sp³-hybridized carbons (Fsp3) is 0.350. The first-order valence-corrected chi connectivity index (χ1v) is 7.69. The second kappa shape index (κ2) is 6.77. The zero-order valence-electron chi connectivity index (χ0n) is 13.9. The van der Waals surface area contributed by atoms with Crippen molar-refractivity contribution in [2.24, 2.45) is 0 Å². The Kier molecular flexibility index (Phi) is 5.00. The van der Waals surface area contributed by atoms with Crippen molar-refractivity contribution in [3.05, 3.63) is 70.8 Å². The van der Waals surface area contributed by atoms with Crippen LogP contribution >= 0.6 is 0 Å². The Hall–Kier alpha value is -2.11. The minimum Gasteiger partial charge on any atom is -0.294 e. The molecule has 2 aromatic carbocycles. The van der Waals surface area contributed by atoms with Crippen molar-refractivity contribution < 1.29 is 0 Å². The van der Waals surface area contributed by atoms with E-state index in [1.165, 1.54) is 16.7 Å². The van der Waals surface area contributed by atoms with Crippen molar-refractivity contribution in [1.29, 1.82) is 5.26 Å². The van der Waals surface area contributed by atoms with E-state index in [2.05, 4.69) is 87.6 Å². The first kappa shape index (κ1) is 16.3. The molecular weight excluding hydrogens is 268 g/mol. The number of aryl methyl sites for hydroxylation is 1. The quantitative estimate of drug-likeness (QED) is 0.890. The lowest BCUT2D eigenvalue weighted by atomic mass is 9.86. The van der Waals surface area contributed by atoms with Gasteiger partial charge in [0.15, 0.2) is 0 Å². The van der Waals surface area contributed by atoms with Crippen LogP contribution in [0.5, 0.6) is 0 Å². The molecule has 0 heterocycles. The molecule has 0 bridgehead atoms. The van der Waals surface area contributed by atoms with Crippen LogP contribution in [-0.4, -0.2) is 0 Å². The predicted octanol–water partition coefficient (Wildman–Crippen LogP) is 4.65. The molecule has 0 aliphatic carbocycles. The van der Waals surface area contributed by atoms with E-state index in [1.807, 2.05) is 0 Å². The summed E-state index contributed by atoms with van der Waals surface area (Å²) < 4.78 is 0. The summed E-state index contributed by atoms with van der Waals surface area (Å²) in [7, 11) is 0. The molecular formula is C20H24N2. The van der Waals surface area contributed by atoms with Crippen LogP contribution in [0.4, 0.5) is 0 Å². The van der Waals surface area contributed by atoms with Crippen molar-refractivity contribution >= 4 is 0 Å². The Morgan fingerprint density at radius 2 is 1.59 bits per heavy atom. The minimum absolute atomic E-state index is 0.135. The molecule has 0 amide bonds. The molecule has 2 nitrogen and oxygen atoms in total. The predicted molar refractivity (Wildman–Crippen MR) is 91.5 cm³/mol. The summed E-state index contributed by atoms with van der Waals surface area (Å²) >= 11 is 0. The number of rotatable bonds is 4. The van der Waals surface area contributed by atoms with Gasteiger partial charge in [-0.25, -0.2) is 0 Å². The lowest BCUT2D eigenvalue weighted by Gasteiger charge is -2.20. The molecule has 0 radical (unpaired) electrons. The SMILES string of the molecule is Cc1ccc(CNC(C#N)c2ccc(C(C)(C)C)cc2)cc1. The number of nitrogens with one attached hydrogen (secondary N) is 1. The summed E-state index contributed by atoms with van der Waals surface area (Å²) in [5.74, 6) is 0. The summed E-state index contributed by atoms with van der Waals surface area (Å²) in [6.07, 6.45) is 0. The van der Waals surface area contributed by atoms with E-state index < -0.39 is 0 Å². The molecule has 1 unspecified atom stereocenters. The lowest BCUT2D eigenvalue weighted by molar-refractivity contribution is 0.588. The topological polar surface area (TPSA) is 35.8 Å². The van der Waals surface area contributed by atoms with Crippen molar-refractivity contribution in [3.63, 3.8) is 0 Å². The fourth-order valence-electron chi connectivity index (χ4n) is 2.34. The van der Waals surface area contributed by atoms with Gasteiger partial charge in [-0.1, -0.05) is 74.9 Å². The van der Waals surface area contributed by atoms with Crippen LogP contribution in [0.25, 0.3) is 0 Å². The van der Waals surface area contributed by atoms with E-state index in [0.29, 0.717) is 6.54 Å². The third-order valence-corrected chi connectivity index (χ3v) is 3.87. The second-order valence-electron chi connectivity index (χ2n) is 6.80. The van der Waals surface area contributed by atoms with Crippen LogP contribution < -0.4 is 5.32 Å². The van der Waals surface area contributed by atoms with Crippen LogP contribution in [0, 0.1) is 18.3 Å². The van der Waals surface area contributed by atoms with Gasteiger partial charge < -0.3 is 0 Å². The van der Waals surface area contributed by atoms with Crippen LogP contribution in [-0.2, 0) is 12.0 Å². The molecule has 114 valence electrons. The molecule has 22 heavy (non-hydrogen) atoms. The third kappa shape index (κ3) is 4.19. The van der Waals surface area contributed by atoms with Gasteiger partial charge in [-0.15, -0.1) is 0 Å². The van der Waals surface area contributed by atoms with E-state index in [9.17, 15) is 5.26 Å². The molecule has 2 rings (SSSR count). The van der Waals surface area contributed by atoms with Crippen molar-refractivity contribution in [2.75, 3.05) is 0 Å². The lowest BCUT2D eigenvalue weighted by Crippen LogP contribution is -2.20. The first-order valence-electron chi connectivity index (χ1n) is 7.69. The molecule has 0 saturated carbocycles. The summed E-state index contributed by atoms with van der Waals surface area (Å²) in [6.45, 7) is 9.35. The van der Waals surface area contributed by atoms with Gasteiger partial charge >= 0.3 is 0 Å². The maximum absolute atomic E-state index is 9.42. The van der Waals surface area contributed by atoms with Crippen molar-refractivity contribution in [2.45, 2.75) is 45.7 Å². The first-order chi connectivity index (χ1) is 10.4. The van der Waals surface area contributed by atoms with E-state index in [0.717, 1.165) is 5.56 Å². The van der Waals surface area contributed by atoms with Crippen molar-refractivity contribution in [1.82, 2.24) is 5.32 Å². The average Bonchev–Trinajstić information content (AvgIpc) is 2.49. The highest BCUT2D eigenvalue weighted by atomic mass is 14.9. The molecule has 0 aliphatic rings. The molecule has 1 atom stereocenters. The van der Waals surface area contributed by atoms with E-state index in [1.54, 1.807) is 0 Å². The zero-order chi connectivity index (χ0) is 16.2. The maximum atomic E-state index is 9.42. The Labute approximate surface area is 133 Å². The summed E-state index contributed by atoms with van der Waals surface area (Å²) in [6, 6.07) is 18.8. The number of hydrogen-bond donors (Lipinski definition) is 1. The van der Waals surface area contributed by atoms with Crippen molar-refractivity contribution in [3.8, 4) is 6.07 Å². The Balaban J connectivity index is 2.05. The van der Waals surface area contributed by atoms with Gasteiger partial charge in [0, 0.05) is 6.54 Å². The molecule has 2 aromatic rings. The van der Waals surface area contributed by atoms with Crippen LogP contribution in [0.3, 0.4) is 0 Å². The fourth-order valence-corrected chi connectivity index (χ4v) is 2.34. The van der Waals surface area contributed by atoms with Crippen LogP contribution in [0.1, 0.15) is 49.1 Å². The largest absolute Gasteiger partial charge is 0.294 e. The van der Waals surface area contributed by atoms with E-state index in [-0.39, 0.29) is 11.5 Å². The highest BCUT2D eigenvalue weighted by molar-refractivity contribution is 5.31. The zero-order valence-corrected chi connectivity index (χ0v) is 13.9. The molecule has 0 spiro atoms. The third-order valence-electron chi connectivity index (χ3n) is 3.87. The molecule has 0 aliphatic heterocycles. The maximum Gasteiger partial charge on any atom is 0.121 e. The molecule has 0 aromatic heterocycles. The van der Waals surface area contributed by atoms with E-state index in [4.69, 9.17) is 0 Å². The molecule has 2 heteroatoms. The summed E-state index contributed by atoms with van der Waals surface area (Å²) in [5.41, 5.74) is 4.88. The normalized spacial score (nSPS) is 12.7.